The van der Waals surface area contributed by atoms with Crippen LogP contribution in [0.2, 0.25) is 0 Å². The topological polar surface area (TPSA) is 66.5 Å². The van der Waals surface area contributed by atoms with E-state index >= 15 is 0 Å². The van der Waals surface area contributed by atoms with Crippen molar-refractivity contribution >= 4 is 17.7 Å². The van der Waals surface area contributed by atoms with E-state index in [2.05, 4.69) is 5.32 Å². The maximum Gasteiger partial charge on any atom is 0.249 e. The molecule has 1 fully saturated rings. The van der Waals surface area contributed by atoms with Crippen LogP contribution in [-0.4, -0.2) is 35.2 Å². The normalized spacial score (nSPS) is 26.7. The van der Waals surface area contributed by atoms with Crippen molar-refractivity contribution in [3.63, 3.8) is 0 Å². The summed E-state index contributed by atoms with van der Waals surface area (Å²) in [5, 5.41) is 2.25. The summed E-state index contributed by atoms with van der Waals surface area (Å²) in [5.41, 5.74) is 0.949. The van der Waals surface area contributed by atoms with Crippen LogP contribution < -0.4 is 5.32 Å². The second-order valence-electron chi connectivity index (χ2n) is 3.92. The Labute approximate surface area is 87.1 Å². The predicted molar refractivity (Wildman–Crippen MR) is 51.6 cm³/mol. The maximum absolute atomic E-state index is 11.5. The molecule has 2 aliphatic heterocycles. The van der Waals surface area contributed by atoms with E-state index in [-0.39, 0.29) is 17.7 Å². The molecule has 0 saturated carbocycles. The molecule has 1 saturated heterocycles. The van der Waals surface area contributed by atoms with E-state index in [9.17, 15) is 14.4 Å². The van der Waals surface area contributed by atoms with Crippen molar-refractivity contribution in [2.45, 2.75) is 25.8 Å². The highest BCUT2D eigenvalue weighted by molar-refractivity contribution is 6.03. The van der Waals surface area contributed by atoms with Gasteiger partial charge in [-0.25, -0.2) is 0 Å². The highest BCUT2D eigenvalue weighted by Gasteiger charge is 2.35. The number of amides is 3. The summed E-state index contributed by atoms with van der Waals surface area (Å²) >= 11 is 0. The average molecular weight is 208 g/mol. The first-order valence-corrected chi connectivity index (χ1v) is 4.89. The molecule has 80 valence electrons. The lowest BCUT2D eigenvalue weighted by Gasteiger charge is -2.29. The lowest BCUT2D eigenvalue weighted by molar-refractivity contribution is -0.142. The molecule has 1 N–H and O–H groups in total. The quantitative estimate of drug-likeness (QED) is 0.595. The number of nitrogens with one attached hydrogen (secondary N) is 1. The van der Waals surface area contributed by atoms with Crippen molar-refractivity contribution in [2.75, 3.05) is 6.54 Å². The van der Waals surface area contributed by atoms with E-state index in [0.717, 1.165) is 5.57 Å². The third kappa shape index (κ3) is 1.77. The van der Waals surface area contributed by atoms with Crippen molar-refractivity contribution < 1.29 is 14.4 Å². The molecule has 0 aliphatic carbocycles. The summed E-state index contributed by atoms with van der Waals surface area (Å²) < 4.78 is 0. The first kappa shape index (κ1) is 9.89. The molecule has 2 aliphatic rings. The number of imide groups is 1. The van der Waals surface area contributed by atoms with Crippen LogP contribution in [0.5, 0.6) is 0 Å². The van der Waals surface area contributed by atoms with Crippen molar-refractivity contribution in [2.24, 2.45) is 0 Å². The van der Waals surface area contributed by atoms with Gasteiger partial charge in [0.25, 0.3) is 0 Å². The van der Waals surface area contributed by atoms with Crippen LogP contribution >= 0.6 is 0 Å². The summed E-state index contributed by atoms with van der Waals surface area (Å²) in [6.07, 6.45) is 2.26. The summed E-state index contributed by atoms with van der Waals surface area (Å²) in [5.74, 6) is -0.753. The molecule has 0 spiro atoms. The van der Waals surface area contributed by atoms with Crippen molar-refractivity contribution in [3.05, 3.63) is 11.6 Å². The number of rotatable bonds is 1. The first-order chi connectivity index (χ1) is 7.08. The van der Waals surface area contributed by atoms with Crippen molar-refractivity contribution in [1.82, 2.24) is 10.2 Å². The molecule has 5 nitrogen and oxygen atoms in total. The van der Waals surface area contributed by atoms with E-state index in [1.807, 2.05) is 6.92 Å². The van der Waals surface area contributed by atoms with Crippen LogP contribution in [0, 0.1) is 0 Å². The second-order valence-corrected chi connectivity index (χ2v) is 3.92. The molecule has 0 aromatic carbocycles. The standard InChI is InChI=1S/C10H12N2O3/c1-6-4-9(14)12(5-6)7-2-3-8(13)11-10(7)15/h4,7H,2-3,5H2,1H3,(H,11,13,15). The molecule has 3 amide bonds. The van der Waals surface area contributed by atoms with E-state index in [1.54, 1.807) is 0 Å². The molecule has 0 radical (unpaired) electrons. The van der Waals surface area contributed by atoms with Gasteiger partial charge in [0.05, 0.1) is 0 Å². The van der Waals surface area contributed by atoms with Crippen molar-refractivity contribution in [3.8, 4) is 0 Å². The molecule has 2 heterocycles. The smallest absolute Gasteiger partial charge is 0.249 e. The van der Waals surface area contributed by atoms with E-state index < -0.39 is 6.04 Å². The fourth-order valence-corrected chi connectivity index (χ4v) is 1.93. The van der Waals surface area contributed by atoms with Gasteiger partial charge in [-0.1, -0.05) is 0 Å². The van der Waals surface area contributed by atoms with Gasteiger partial charge in [0, 0.05) is 19.0 Å². The molecule has 0 bridgehead atoms. The Balaban J connectivity index is 2.09. The van der Waals surface area contributed by atoms with Gasteiger partial charge >= 0.3 is 0 Å². The highest BCUT2D eigenvalue weighted by Crippen LogP contribution is 2.18. The van der Waals surface area contributed by atoms with Gasteiger partial charge in [-0.15, -0.1) is 0 Å². The van der Waals surface area contributed by atoms with Gasteiger partial charge in [0.1, 0.15) is 6.04 Å². The minimum absolute atomic E-state index is 0.137. The second kappa shape index (κ2) is 3.49. The Morgan fingerprint density at radius 1 is 1.40 bits per heavy atom. The number of hydrogen-bond acceptors (Lipinski definition) is 3. The fraction of sp³-hybridized carbons (Fsp3) is 0.500. The Kier molecular flexibility index (Phi) is 2.30. The Hall–Kier alpha value is -1.65. The number of piperidine rings is 1. The summed E-state index contributed by atoms with van der Waals surface area (Å²) in [4.78, 5) is 35.4. The van der Waals surface area contributed by atoms with E-state index in [4.69, 9.17) is 0 Å². The number of carbonyl (C=O) groups is 3. The largest absolute Gasteiger partial charge is 0.323 e. The molecule has 5 heteroatoms. The van der Waals surface area contributed by atoms with Crippen LogP contribution in [0.25, 0.3) is 0 Å². The maximum atomic E-state index is 11.5. The molecule has 0 aromatic heterocycles. The third-order valence-electron chi connectivity index (χ3n) is 2.66. The lowest BCUT2D eigenvalue weighted by Crippen LogP contribution is -2.53. The monoisotopic (exact) mass is 208 g/mol. The first-order valence-electron chi connectivity index (χ1n) is 4.89. The number of carbonyl (C=O) groups excluding carboxylic acids is 3. The number of hydrogen-bond donors (Lipinski definition) is 1. The highest BCUT2D eigenvalue weighted by atomic mass is 16.2. The molecule has 2 rings (SSSR count). The number of nitrogens with zero attached hydrogens (tertiary/aromatic N) is 1. The summed E-state index contributed by atoms with van der Waals surface area (Å²) in [7, 11) is 0. The van der Waals surface area contributed by atoms with Gasteiger partial charge < -0.3 is 4.90 Å². The zero-order valence-corrected chi connectivity index (χ0v) is 8.45. The SMILES string of the molecule is CC1=CC(=O)N(C2CCC(=O)NC2=O)C1. The summed E-state index contributed by atoms with van der Waals surface area (Å²) in [6.45, 7) is 2.34. The molecule has 1 unspecified atom stereocenters. The van der Waals surface area contributed by atoms with Crippen LogP contribution in [0.3, 0.4) is 0 Å². The van der Waals surface area contributed by atoms with Crippen molar-refractivity contribution in [1.29, 1.82) is 0 Å². The Bertz CT molecular complexity index is 373. The van der Waals surface area contributed by atoms with Gasteiger partial charge in [0.2, 0.25) is 17.7 Å². The van der Waals surface area contributed by atoms with Gasteiger partial charge in [0.15, 0.2) is 0 Å². The summed E-state index contributed by atoms with van der Waals surface area (Å²) in [6, 6.07) is -0.483. The Morgan fingerprint density at radius 3 is 2.67 bits per heavy atom. The average Bonchev–Trinajstić information content (AvgIpc) is 2.45. The van der Waals surface area contributed by atoms with Gasteiger partial charge in [-0.05, 0) is 18.9 Å². The molecule has 1 atom stereocenters. The predicted octanol–water partition coefficient (Wildman–Crippen LogP) is -0.420. The van der Waals surface area contributed by atoms with E-state index in [0.29, 0.717) is 19.4 Å². The van der Waals surface area contributed by atoms with Gasteiger partial charge in [-0.3, -0.25) is 19.7 Å². The minimum Gasteiger partial charge on any atom is -0.323 e. The minimum atomic E-state index is -0.483. The Morgan fingerprint density at radius 2 is 2.13 bits per heavy atom. The zero-order chi connectivity index (χ0) is 11.0. The van der Waals surface area contributed by atoms with Crippen LogP contribution in [0.1, 0.15) is 19.8 Å². The fourth-order valence-electron chi connectivity index (χ4n) is 1.93. The molecular formula is C10H12N2O3. The zero-order valence-electron chi connectivity index (χ0n) is 8.45. The van der Waals surface area contributed by atoms with Crippen LogP contribution in [0.15, 0.2) is 11.6 Å². The third-order valence-corrected chi connectivity index (χ3v) is 2.66. The van der Waals surface area contributed by atoms with Crippen LogP contribution in [0.4, 0.5) is 0 Å². The molecule has 15 heavy (non-hydrogen) atoms. The molecular weight excluding hydrogens is 196 g/mol. The van der Waals surface area contributed by atoms with Gasteiger partial charge in [-0.2, -0.15) is 0 Å². The molecule has 0 aromatic rings. The lowest BCUT2D eigenvalue weighted by atomic mass is 10.0. The van der Waals surface area contributed by atoms with E-state index in [1.165, 1.54) is 11.0 Å². The van der Waals surface area contributed by atoms with Crippen LogP contribution in [-0.2, 0) is 14.4 Å².